The molecule has 1 aromatic heterocycles. The highest BCUT2D eigenvalue weighted by Crippen LogP contribution is 2.36. The predicted molar refractivity (Wildman–Crippen MR) is 87.7 cm³/mol. The number of hydrogen-bond acceptors (Lipinski definition) is 4. The van der Waals surface area contributed by atoms with Crippen LogP contribution in [0.3, 0.4) is 0 Å². The van der Waals surface area contributed by atoms with E-state index in [9.17, 15) is 0 Å². The molecule has 1 N–H and O–H groups in total. The lowest BCUT2D eigenvalue weighted by Crippen LogP contribution is -2.38. The molecule has 2 unspecified atom stereocenters. The minimum Gasteiger partial charge on any atom is -0.383 e. The second-order valence-electron chi connectivity index (χ2n) is 5.99. The van der Waals surface area contributed by atoms with Gasteiger partial charge in [-0.15, -0.1) is 0 Å². The summed E-state index contributed by atoms with van der Waals surface area (Å²) in [5, 5.41) is 3.46. The smallest absolute Gasteiger partial charge is 0.129 e. The monoisotopic (exact) mass is 291 g/mol. The van der Waals surface area contributed by atoms with Gasteiger partial charge in [-0.05, 0) is 56.8 Å². The second kappa shape index (κ2) is 7.76. The Morgan fingerprint density at radius 2 is 2.19 bits per heavy atom. The summed E-state index contributed by atoms with van der Waals surface area (Å²) < 4.78 is 5.28. The van der Waals surface area contributed by atoms with Gasteiger partial charge in [0.05, 0.1) is 6.61 Å². The van der Waals surface area contributed by atoms with Crippen LogP contribution < -0.4 is 10.2 Å². The molecule has 0 radical (unpaired) electrons. The molecule has 0 amide bonds. The third-order valence-corrected chi connectivity index (χ3v) is 4.41. The van der Waals surface area contributed by atoms with Gasteiger partial charge < -0.3 is 15.0 Å². The molecule has 0 saturated heterocycles. The molecule has 21 heavy (non-hydrogen) atoms. The number of anilines is 1. The quantitative estimate of drug-likeness (QED) is 0.759. The van der Waals surface area contributed by atoms with Crippen molar-refractivity contribution >= 4 is 5.82 Å². The van der Waals surface area contributed by atoms with Crippen molar-refractivity contribution in [2.75, 3.05) is 31.7 Å². The van der Waals surface area contributed by atoms with Gasteiger partial charge in [-0.25, -0.2) is 4.98 Å². The lowest BCUT2D eigenvalue weighted by atomic mass is 10.1. The van der Waals surface area contributed by atoms with Gasteiger partial charge in [-0.1, -0.05) is 6.92 Å². The summed E-state index contributed by atoms with van der Waals surface area (Å²) in [6.07, 6.45) is 4.62. The molecule has 4 heteroatoms. The molecular formula is C17H29N3O. The van der Waals surface area contributed by atoms with E-state index >= 15 is 0 Å². The Morgan fingerprint density at radius 3 is 2.81 bits per heavy atom. The first-order valence-electron chi connectivity index (χ1n) is 8.12. The van der Waals surface area contributed by atoms with Gasteiger partial charge in [0, 0.05) is 31.9 Å². The Labute approximate surface area is 128 Å². The van der Waals surface area contributed by atoms with Crippen LogP contribution >= 0.6 is 0 Å². The molecular weight excluding hydrogens is 262 g/mol. The van der Waals surface area contributed by atoms with Gasteiger partial charge >= 0.3 is 0 Å². The maximum atomic E-state index is 5.28. The molecule has 1 aliphatic rings. The Morgan fingerprint density at radius 1 is 1.43 bits per heavy atom. The van der Waals surface area contributed by atoms with Gasteiger partial charge in [0.1, 0.15) is 5.82 Å². The number of nitrogens with one attached hydrogen (secondary N) is 1. The molecule has 0 bridgehead atoms. The number of ether oxygens (including phenoxy) is 1. The predicted octanol–water partition coefficient (Wildman–Crippen LogP) is 3.00. The fourth-order valence-electron chi connectivity index (χ4n) is 2.83. The third kappa shape index (κ3) is 4.42. The Kier molecular flexibility index (Phi) is 6.00. The number of pyridine rings is 1. The van der Waals surface area contributed by atoms with Crippen molar-refractivity contribution in [3.05, 3.63) is 23.9 Å². The van der Waals surface area contributed by atoms with E-state index in [-0.39, 0.29) is 0 Å². The highest BCUT2D eigenvalue weighted by atomic mass is 16.5. The number of hydrogen-bond donors (Lipinski definition) is 1. The highest BCUT2D eigenvalue weighted by molar-refractivity contribution is 5.43. The molecule has 1 heterocycles. The summed E-state index contributed by atoms with van der Waals surface area (Å²) in [6.45, 7) is 9.27. The molecule has 1 aromatic rings. The molecule has 4 nitrogen and oxygen atoms in total. The van der Waals surface area contributed by atoms with Gasteiger partial charge in [0.25, 0.3) is 0 Å². The zero-order chi connectivity index (χ0) is 15.2. The summed E-state index contributed by atoms with van der Waals surface area (Å²) in [4.78, 5) is 7.02. The second-order valence-corrected chi connectivity index (χ2v) is 5.99. The van der Waals surface area contributed by atoms with Crippen LogP contribution in [0.4, 0.5) is 5.82 Å². The van der Waals surface area contributed by atoms with Gasteiger partial charge in [0.2, 0.25) is 0 Å². The third-order valence-electron chi connectivity index (χ3n) is 4.41. The van der Waals surface area contributed by atoms with Crippen molar-refractivity contribution < 1.29 is 4.74 Å². The number of nitrogens with zero attached hydrogens (tertiary/aromatic N) is 2. The van der Waals surface area contributed by atoms with Crippen LogP contribution in [0.25, 0.3) is 0 Å². The molecule has 2 rings (SSSR count). The van der Waals surface area contributed by atoms with Crippen LogP contribution in [0.5, 0.6) is 0 Å². The summed E-state index contributed by atoms with van der Waals surface area (Å²) in [5.74, 6) is 1.90. The van der Waals surface area contributed by atoms with Crippen LogP contribution in [0.2, 0.25) is 0 Å². The first kappa shape index (κ1) is 16.2. The van der Waals surface area contributed by atoms with Crippen LogP contribution in [0.15, 0.2) is 18.3 Å². The minimum atomic E-state index is 0.359. The van der Waals surface area contributed by atoms with Crippen molar-refractivity contribution in [2.24, 2.45) is 5.92 Å². The Bertz CT molecular complexity index is 434. The normalized spacial score (nSPS) is 17.5. The summed E-state index contributed by atoms with van der Waals surface area (Å²) in [6, 6.07) is 5.23. The number of methoxy groups -OCH3 is 1. The molecule has 1 fully saturated rings. The van der Waals surface area contributed by atoms with E-state index in [1.54, 1.807) is 7.11 Å². The molecule has 118 valence electrons. The van der Waals surface area contributed by atoms with Crippen LogP contribution in [0, 0.1) is 5.92 Å². The molecule has 1 aliphatic carbocycles. The van der Waals surface area contributed by atoms with Gasteiger partial charge in [0.15, 0.2) is 0 Å². The fraction of sp³-hybridized carbons (Fsp3) is 0.706. The van der Waals surface area contributed by atoms with E-state index in [2.05, 4.69) is 48.1 Å². The lowest BCUT2D eigenvalue weighted by Gasteiger charge is -2.31. The standard InChI is InChI=1S/C17H29N3O/c1-5-18-13(2)16-8-9-19-17(12-16)20(10-11-21-4)14(3)15-6-7-15/h8-9,12-15,18H,5-7,10-11H2,1-4H3. The molecule has 0 aliphatic heterocycles. The topological polar surface area (TPSA) is 37.4 Å². The minimum absolute atomic E-state index is 0.359. The summed E-state index contributed by atoms with van der Waals surface area (Å²) >= 11 is 0. The van der Waals surface area contributed by atoms with Crippen LogP contribution in [-0.4, -0.2) is 37.8 Å². The SMILES string of the molecule is CCNC(C)c1ccnc(N(CCOC)C(C)C2CC2)c1. The van der Waals surface area contributed by atoms with E-state index in [4.69, 9.17) is 4.74 Å². The summed E-state index contributed by atoms with van der Waals surface area (Å²) in [5.41, 5.74) is 1.30. The van der Waals surface area contributed by atoms with E-state index in [1.807, 2.05) is 6.20 Å². The largest absolute Gasteiger partial charge is 0.383 e. The molecule has 2 atom stereocenters. The van der Waals surface area contributed by atoms with Crippen LogP contribution in [-0.2, 0) is 4.74 Å². The zero-order valence-corrected chi connectivity index (χ0v) is 13.8. The number of rotatable bonds is 9. The Hall–Kier alpha value is -1.13. The fourth-order valence-corrected chi connectivity index (χ4v) is 2.83. The zero-order valence-electron chi connectivity index (χ0n) is 13.8. The van der Waals surface area contributed by atoms with Crippen LogP contribution in [0.1, 0.15) is 45.2 Å². The van der Waals surface area contributed by atoms with E-state index in [0.717, 1.165) is 31.4 Å². The van der Waals surface area contributed by atoms with Crippen molar-refractivity contribution in [1.29, 1.82) is 0 Å². The summed E-state index contributed by atoms with van der Waals surface area (Å²) in [7, 11) is 1.76. The van der Waals surface area contributed by atoms with E-state index in [1.165, 1.54) is 18.4 Å². The van der Waals surface area contributed by atoms with E-state index in [0.29, 0.717) is 12.1 Å². The number of aromatic nitrogens is 1. The van der Waals surface area contributed by atoms with Crippen molar-refractivity contribution in [3.8, 4) is 0 Å². The molecule has 0 aromatic carbocycles. The van der Waals surface area contributed by atoms with Gasteiger partial charge in [-0.2, -0.15) is 0 Å². The van der Waals surface area contributed by atoms with E-state index < -0.39 is 0 Å². The Balaban J connectivity index is 2.15. The average molecular weight is 291 g/mol. The maximum absolute atomic E-state index is 5.28. The molecule has 1 saturated carbocycles. The first-order valence-corrected chi connectivity index (χ1v) is 8.12. The van der Waals surface area contributed by atoms with Crippen molar-refractivity contribution in [1.82, 2.24) is 10.3 Å². The maximum Gasteiger partial charge on any atom is 0.129 e. The average Bonchev–Trinajstić information content (AvgIpc) is 3.32. The lowest BCUT2D eigenvalue weighted by molar-refractivity contribution is 0.202. The molecule has 0 spiro atoms. The van der Waals surface area contributed by atoms with Crippen molar-refractivity contribution in [3.63, 3.8) is 0 Å². The first-order chi connectivity index (χ1) is 10.2. The highest BCUT2D eigenvalue weighted by Gasteiger charge is 2.32. The van der Waals surface area contributed by atoms with Gasteiger partial charge in [-0.3, -0.25) is 0 Å². The van der Waals surface area contributed by atoms with Crippen molar-refractivity contribution in [2.45, 2.75) is 45.7 Å².